The van der Waals surface area contributed by atoms with Crippen molar-refractivity contribution in [1.82, 2.24) is 0 Å². The molecule has 326 valence electrons. The number of allylic oxidation sites excluding steroid dienone is 6. The maximum Gasteiger partial charge on any atom is 0.357 e. The average Bonchev–Trinajstić information content (AvgIpc) is 3.51. The van der Waals surface area contributed by atoms with Crippen LogP contribution in [0.3, 0.4) is 0 Å². The molecule has 2 aliphatic heterocycles. The Hall–Kier alpha value is -4.80. The lowest BCUT2D eigenvalue weighted by molar-refractivity contribution is -0.438. The zero-order valence-electron chi connectivity index (χ0n) is 33.6. The van der Waals surface area contributed by atoms with Crippen molar-refractivity contribution < 1.29 is 66.3 Å². The SMILES string of the molecule is CCN1\C(=C/C=C/C=C/C2=[N+](CCCCCC(=O)O)c3ccc4c(OS(=O)O)cc(OS(=O)O)cc4c3C2(C)C)C(C)(C)c2c1ccc1c(OS(=O)O)cc(S(=O)(=O)[O-])cc21. The number of anilines is 1. The van der Waals surface area contributed by atoms with Gasteiger partial charge in [0, 0.05) is 82.2 Å². The molecule has 2 heterocycles. The van der Waals surface area contributed by atoms with Gasteiger partial charge in [-0.3, -0.25) is 18.5 Å². The number of carbonyl (C=O) groups is 1. The molecule has 2 aliphatic rings. The lowest BCUT2D eigenvalue weighted by Gasteiger charge is -2.26. The van der Waals surface area contributed by atoms with E-state index in [9.17, 15) is 44.1 Å². The van der Waals surface area contributed by atoms with Crippen molar-refractivity contribution >= 4 is 88.8 Å². The number of rotatable bonds is 17. The standard InChI is InChI=1S/C41H44N2O14S4/c1-6-42-31-18-16-28-30(23-26(61(52,53)54)24-34(28)57-60(50)51)39(31)40(2,3)35(42)13-9-7-10-14-36-41(4,5)38-29-21-25(55-58(46)47)22-33(56-59(48)49)27(29)17-19-32(38)43(36)20-12-8-11-15-37(44)45/h7,9-10,13-14,16-19,21-24H,6,8,11-12,15,20H2,1-5H3,(H4-,44,45,46,47,48,49,50,51,52,53,54). The molecule has 4 aromatic rings. The molecule has 20 heteroatoms. The third kappa shape index (κ3) is 9.36. The van der Waals surface area contributed by atoms with Crippen molar-refractivity contribution in [1.29, 1.82) is 0 Å². The molecular weight excluding hydrogens is 873 g/mol. The van der Waals surface area contributed by atoms with Crippen LogP contribution in [0.4, 0.5) is 11.4 Å². The fraction of sp³-hybridized carbons (Fsp3) is 0.317. The summed E-state index contributed by atoms with van der Waals surface area (Å²) in [5, 5.41) is 10.9. The molecular formula is C41H44N2O14S4. The highest BCUT2D eigenvalue weighted by Crippen LogP contribution is 2.52. The summed E-state index contributed by atoms with van der Waals surface area (Å²) < 4.78 is 118. The highest BCUT2D eigenvalue weighted by molar-refractivity contribution is 7.85. The van der Waals surface area contributed by atoms with Gasteiger partial charge in [0.15, 0.2) is 17.2 Å². The van der Waals surface area contributed by atoms with E-state index in [1.807, 2.05) is 77.1 Å². The molecule has 0 aliphatic carbocycles. The summed E-state index contributed by atoms with van der Waals surface area (Å²) in [4.78, 5) is 12.6. The Bertz CT molecular complexity index is 2760. The van der Waals surface area contributed by atoms with E-state index < -0.39 is 65.9 Å². The van der Waals surface area contributed by atoms with Crippen molar-refractivity contribution in [2.24, 2.45) is 0 Å². The summed E-state index contributed by atoms with van der Waals surface area (Å²) in [5.74, 6) is -1.19. The first-order chi connectivity index (χ1) is 28.7. The molecule has 16 nitrogen and oxygen atoms in total. The van der Waals surface area contributed by atoms with E-state index in [0.717, 1.165) is 34.4 Å². The van der Waals surface area contributed by atoms with Crippen LogP contribution >= 0.6 is 0 Å². The Morgan fingerprint density at radius 3 is 2.02 bits per heavy atom. The molecule has 0 radical (unpaired) electrons. The molecule has 3 atom stereocenters. The highest BCUT2D eigenvalue weighted by atomic mass is 32.2. The van der Waals surface area contributed by atoms with E-state index >= 15 is 0 Å². The lowest BCUT2D eigenvalue weighted by atomic mass is 9.79. The second-order valence-electron chi connectivity index (χ2n) is 15.3. The van der Waals surface area contributed by atoms with Gasteiger partial charge in [-0.1, -0.05) is 32.1 Å². The maximum atomic E-state index is 12.2. The van der Waals surface area contributed by atoms with Crippen LogP contribution < -0.4 is 17.4 Å². The minimum Gasteiger partial charge on any atom is -0.744 e. The summed E-state index contributed by atoms with van der Waals surface area (Å²) in [6.45, 7) is 10.9. The largest absolute Gasteiger partial charge is 0.744 e. The van der Waals surface area contributed by atoms with E-state index in [2.05, 4.69) is 9.48 Å². The minimum absolute atomic E-state index is 0.0325. The van der Waals surface area contributed by atoms with Gasteiger partial charge in [0.25, 0.3) is 0 Å². The molecule has 4 N–H and O–H groups in total. The molecule has 0 saturated heterocycles. The Kier molecular flexibility index (Phi) is 13.4. The third-order valence-corrected chi connectivity index (χ3v) is 12.7. The number of hydrogen-bond acceptors (Lipinski definition) is 11. The Morgan fingerprint density at radius 1 is 0.787 bits per heavy atom. The monoisotopic (exact) mass is 916 g/mol. The smallest absolute Gasteiger partial charge is 0.357 e. The maximum absolute atomic E-state index is 12.2. The quantitative estimate of drug-likeness (QED) is 0.0268. The van der Waals surface area contributed by atoms with Gasteiger partial charge in [0.05, 0.1) is 10.3 Å². The first-order valence-electron chi connectivity index (χ1n) is 18.9. The zero-order valence-corrected chi connectivity index (χ0v) is 36.9. The number of carboxylic acids is 1. The Labute approximate surface area is 360 Å². The summed E-state index contributed by atoms with van der Waals surface area (Å²) in [6, 6.07) is 12.1. The predicted octanol–water partition coefficient (Wildman–Crippen LogP) is 7.28. The lowest BCUT2D eigenvalue weighted by Crippen LogP contribution is -2.28. The number of unbranched alkanes of at least 4 members (excludes halogenated alkanes) is 2. The number of hydrogen-bond donors (Lipinski definition) is 4. The van der Waals surface area contributed by atoms with Crippen LogP contribution in [-0.2, 0) is 59.8 Å². The topological polar surface area (TPSA) is 240 Å². The van der Waals surface area contributed by atoms with E-state index in [1.54, 1.807) is 18.2 Å². The molecule has 0 aromatic heterocycles. The Morgan fingerprint density at radius 2 is 1.41 bits per heavy atom. The van der Waals surface area contributed by atoms with Gasteiger partial charge in [0.1, 0.15) is 22.4 Å². The van der Waals surface area contributed by atoms with Crippen LogP contribution in [0.25, 0.3) is 21.5 Å². The van der Waals surface area contributed by atoms with Gasteiger partial charge >= 0.3 is 40.1 Å². The van der Waals surface area contributed by atoms with Crippen molar-refractivity contribution in [3.05, 3.63) is 95.7 Å². The normalized spacial score (nSPS) is 18.0. The molecule has 0 bridgehead atoms. The molecule has 4 aromatic carbocycles. The third-order valence-electron chi connectivity index (χ3n) is 10.9. The van der Waals surface area contributed by atoms with Gasteiger partial charge in [0.2, 0.25) is 5.69 Å². The van der Waals surface area contributed by atoms with Crippen LogP contribution in [0.15, 0.2) is 89.5 Å². The molecule has 3 unspecified atom stereocenters. The molecule has 6 rings (SSSR count). The van der Waals surface area contributed by atoms with E-state index in [4.69, 9.17) is 17.7 Å². The second kappa shape index (κ2) is 17.9. The number of fused-ring (bicyclic) bond motifs is 6. The second-order valence-corrected chi connectivity index (χ2v) is 18.5. The molecule has 61 heavy (non-hydrogen) atoms. The number of nitrogens with zero attached hydrogens (tertiary/aromatic N) is 2. The minimum atomic E-state index is -4.97. The first kappa shape index (κ1) is 45.7. The van der Waals surface area contributed by atoms with E-state index in [0.29, 0.717) is 59.5 Å². The molecule has 0 saturated carbocycles. The van der Waals surface area contributed by atoms with Crippen LogP contribution in [-0.4, -0.2) is 73.7 Å². The first-order valence-corrected chi connectivity index (χ1v) is 23.4. The summed E-state index contributed by atoms with van der Waals surface area (Å²) in [5.41, 5.74) is 3.32. The van der Waals surface area contributed by atoms with Crippen molar-refractivity contribution in [3.63, 3.8) is 0 Å². The highest BCUT2D eigenvalue weighted by Gasteiger charge is 2.46. The van der Waals surface area contributed by atoms with E-state index in [-0.39, 0.29) is 23.7 Å². The number of benzene rings is 4. The average molecular weight is 917 g/mol. The zero-order chi connectivity index (χ0) is 44.6. The fourth-order valence-corrected chi connectivity index (χ4v) is 9.86. The van der Waals surface area contributed by atoms with Crippen molar-refractivity contribution in [2.45, 2.75) is 76.0 Å². The number of aliphatic carboxylic acids is 1. The van der Waals surface area contributed by atoms with Crippen molar-refractivity contribution in [2.75, 3.05) is 18.0 Å². The fourth-order valence-electron chi connectivity index (χ4n) is 8.51. The van der Waals surface area contributed by atoms with Gasteiger partial charge in [-0.2, -0.15) is 17.2 Å². The van der Waals surface area contributed by atoms with Crippen LogP contribution in [0.1, 0.15) is 71.4 Å². The van der Waals surface area contributed by atoms with Crippen molar-refractivity contribution in [3.8, 4) is 17.2 Å². The van der Waals surface area contributed by atoms with Gasteiger partial charge in [-0.05, 0) is 81.0 Å². The summed E-state index contributed by atoms with van der Waals surface area (Å²) in [7, 11) is -4.97. The van der Waals surface area contributed by atoms with Gasteiger partial charge < -0.3 is 27.1 Å². The van der Waals surface area contributed by atoms with Crippen LogP contribution in [0.5, 0.6) is 17.2 Å². The van der Waals surface area contributed by atoms with Gasteiger partial charge in [-0.25, -0.2) is 8.42 Å². The summed E-state index contributed by atoms with van der Waals surface area (Å²) >= 11 is -8.20. The number of likely N-dealkylation sites (N-methyl/N-ethyl adjacent to an activating group) is 1. The van der Waals surface area contributed by atoms with Gasteiger partial charge in [-0.15, -0.1) is 0 Å². The molecule has 0 spiro atoms. The summed E-state index contributed by atoms with van der Waals surface area (Å²) in [6.07, 6.45) is 11.3. The molecule has 0 amide bonds. The van der Waals surface area contributed by atoms with Crippen LogP contribution in [0, 0.1) is 0 Å². The Balaban J connectivity index is 1.41. The van der Waals surface area contributed by atoms with E-state index in [1.165, 1.54) is 12.1 Å². The molecule has 0 fully saturated rings. The van der Waals surface area contributed by atoms with Crippen LogP contribution in [0.2, 0.25) is 0 Å². The predicted molar refractivity (Wildman–Crippen MR) is 231 cm³/mol. The number of carboxylic acid groups (broad SMARTS) is 1.